The molecular formula is C17H12F2N2O2. The van der Waals surface area contributed by atoms with Gasteiger partial charge in [0.25, 0.3) is 5.91 Å². The first-order valence-corrected chi connectivity index (χ1v) is 6.78. The van der Waals surface area contributed by atoms with Crippen molar-refractivity contribution in [1.82, 2.24) is 4.98 Å². The molecule has 0 fully saturated rings. The Hall–Kier alpha value is -3.02. The van der Waals surface area contributed by atoms with Crippen LogP contribution in [0, 0.1) is 11.6 Å². The first-order valence-electron chi connectivity index (χ1n) is 6.78. The van der Waals surface area contributed by atoms with Gasteiger partial charge < -0.3 is 10.1 Å². The average Bonchev–Trinajstić information content (AvgIpc) is 2.55. The second-order valence-electron chi connectivity index (χ2n) is 4.80. The summed E-state index contributed by atoms with van der Waals surface area (Å²) in [6, 6.07) is 10.0. The normalized spacial score (nSPS) is 10.6. The molecule has 2 aromatic carbocycles. The molecule has 0 aliphatic carbocycles. The number of pyridine rings is 1. The lowest BCUT2D eigenvalue weighted by molar-refractivity contribution is 0.102. The number of para-hydroxylation sites is 1. The van der Waals surface area contributed by atoms with Gasteiger partial charge >= 0.3 is 0 Å². The number of carbonyl (C=O) groups is 1. The van der Waals surface area contributed by atoms with Crippen LogP contribution in [0.2, 0.25) is 0 Å². The summed E-state index contributed by atoms with van der Waals surface area (Å²) in [5, 5.41) is 2.83. The van der Waals surface area contributed by atoms with Crippen LogP contribution in [0.5, 0.6) is 5.75 Å². The predicted octanol–water partition coefficient (Wildman–Crippen LogP) is 3.77. The van der Waals surface area contributed by atoms with E-state index in [1.165, 1.54) is 19.4 Å². The van der Waals surface area contributed by atoms with Crippen molar-refractivity contribution < 1.29 is 18.3 Å². The van der Waals surface area contributed by atoms with E-state index in [9.17, 15) is 13.6 Å². The summed E-state index contributed by atoms with van der Waals surface area (Å²) in [7, 11) is 1.46. The number of benzene rings is 2. The molecular weight excluding hydrogens is 302 g/mol. The molecule has 4 nitrogen and oxygen atoms in total. The van der Waals surface area contributed by atoms with Crippen molar-refractivity contribution in [2.45, 2.75) is 0 Å². The van der Waals surface area contributed by atoms with Crippen LogP contribution >= 0.6 is 0 Å². The molecule has 0 saturated carbocycles. The maximum Gasteiger partial charge on any atom is 0.259 e. The third kappa shape index (κ3) is 2.83. The largest absolute Gasteiger partial charge is 0.496 e. The minimum absolute atomic E-state index is 0.00998. The lowest BCUT2D eigenvalue weighted by Gasteiger charge is -2.11. The van der Waals surface area contributed by atoms with Crippen LogP contribution in [0.3, 0.4) is 0 Å². The topological polar surface area (TPSA) is 51.2 Å². The van der Waals surface area contributed by atoms with Gasteiger partial charge in [-0.2, -0.15) is 0 Å². The van der Waals surface area contributed by atoms with E-state index in [-0.39, 0.29) is 16.6 Å². The fourth-order valence-electron chi connectivity index (χ4n) is 2.31. The van der Waals surface area contributed by atoms with E-state index in [1.807, 2.05) is 0 Å². The Morgan fingerprint density at radius 2 is 1.96 bits per heavy atom. The molecule has 3 aromatic rings. The summed E-state index contributed by atoms with van der Waals surface area (Å²) >= 11 is 0. The molecule has 0 unspecified atom stereocenters. The van der Waals surface area contributed by atoms with Crippen LogP contribution < -0.4 is 10.1 Å². The van der Waals surface area contributed by atoms with Crippen molar-refractivity contribution in [3.05, 3.63) is 65.9 Å². The predicted molar refractivity (Wildman–Crippen MR) is 82.6 cm³/mol. The van der Waals surface area contributed by atoms with Crippen molar-refractivity contribution in [1.29, 1.82) is 0 Å². The molecule has 0 aliphatic rings. The van der Waals surface area contributed by atoms with Crippen molar-refractivity contribution in [2.24, 2.45) is 0 Å². The van der Waals surface area contributed by atoms with E-state index in [4.69, 9.17) is 4.74 Å². The number of nitrogens with one attached hydrogen (secondary N) is 1. The van der Waals surface area contributed by atoms with Gasteiger partial charge in [-0.25, -0.2) is 8.78 Å². The standard InChI is InChI=1S/C17H12F2N2O2/c1-23-15-5-3-2-4-11(15)17(22)21-14-6-7-20-16-12(14)8-10(18)9-13(16)19/h2-9H,1H3,(H,20,21,22). The minimum Gasteiger partial charge on any atom is -0.496 e. The summed E-state index contributed by atoms with van der Waals surface area (Å²) in [5.74, 6) is -1.57. The van der Waals surface area contributed by atoms with Crippen LogP contribution in [-0.4, -0.2) is 18.0 Å². The quantitative estimate of drug-likeness (QED) is 0.800. The van der Waals surface area contributed by atoms with Crippen LogP contribution in [-0.2, 0) is 0 Å². The van der Waals surface area contributed by atoms with Crippen LogP contribution in [0.15, 0.2) is 48.7 Å². The van der Waals surface area contributed by atoms with Gasteiger partial charge in [0.1, 0.15) is 17.1 Å². The number of aromatic nitrogens is 1. The van der Waals surface area contributed by atoms with E-state index in [2.05, 4.69) is 10.3 Å². The van der Waals surface area contributed by atoms with Crippen molar-refractivity contribution in [3.8, 4) is 5.75 Å². The number of hydrogen-bond acceptors (Lipinski definition) is 3. The molecule has 0 atom stereocenters. The highest BCUT2D eigenvalue weighted by molar-refractivity contribution is 6.10. The number of nitrogens with zero attached hydrogens (tertiary/aromatic N) is 1. The van der Waals surface area contributed by atoms with Gasteiger partial charge in [-0.1, -0.05) is 12.1 Å². The van der Waals surface area contributed by atoms with Crippen molar-refractivity contribution in [2.75, 3.05) is 12.4 Å². The molecule has 0 radical (unpaired) electrons. The van der Waals surface area contributed by atoms with Gasteiger partial charge in [0.05, 0.1) is 18.4 Å². The zero-order valence-corrected chi connectivity index (χ0v) is 12.1. The minimum atomic E-state index is -0.784. The summed E-state index contributed by atoms with van der Waals surface area (Å²) in [6.07, 6.45) is 1.35. The first-order chi connectivity index (χ1) is 11.1. The SMILES string of the molecule is COc1ccccc1C(=O)Nc1ccnc2c(F)cc(F)cc12. The molecule has 116 valence electrons. The Bertz CT molecular complexity index is 897. The highest BCUT2D eigenvalue weighted by Crippen LogP contribution is 2.26. The van der Waals surface area contributed by atoms with Gasteiger partial charge in [-0.3, -0.25) is 9.78 Å². The number of amides is 1. The molecule has 1 amide bonds. The lowest BCUT2D eigenvalue weighted by Crippen LogP contribution is -2.13. The maximum absolute atomic E-state index is 13.8. The van der Waals surface area contributed by atoms with Crippen molar-refractivity contribution in [3.63, 3.8) is 0 Å². The summed E-state index contributed by atoms with van der Waals surface area (Å²) in [4.78, 5) is 16.3. The molecule has 1 heterocycles. The number of halogens is 2. The number of rotatable bonds is 3. The average molecular weight is 314 g/mol. The lowest BCUT2D eigenvalue weighted by atomic mass is 10.1. The zero-order chi connectivity index (χ0) is 16.4. The van der Waals surface area contributed by atoms with Gasteiger partial charge in [-0.05, 0) is 24.3 Å². The van der Waals surface area contributed by atoms with Gasteiger partial charge in [-0.15, -0.1) is 0 Å². The third-order valence-electron chi connectivity index (χ3n) is 3.36. The Labute approximate surface area is 130 Å². The van der Waals surface area contributed by atoms with Crippen molar-refractivity contribution >= 4 is 22.5 Å². The first kappa shape index (κ1) is 14.9. The monoisotopic (exact) mass is 314 g/mol. The Morgan fingerprint density at radius 1 is 1.17 bits per heavy atom. The van der Waals surface area contributed by atoms with E-state index in [0.29, 0.717) is 11.3 Å². The summed E-state index contributed by atoms with van der Waals surface area (Å²) < 4.78 is 32.4. The number of methoxy groups -OCH3 is 1. The van der Waals surface area contributed by atoms with E-state index < -0.39 is 17.5 Å². The number of ether oxygens (including phenoxy) is 1. The van der Waals surface area contributed by atoms with E-state index in [0.717, 1.165) is 12.1 Å². The second-order valence-corrected chi connectivity index (χ2v) is 4.80. The fraction of sp³-hybridized carbons (Fsp3) is 0.0588. The molecule has 0 saturated heterocycles. The van der Waals surface area contributed by atoms with E-state index in [1.54, 1.807) is 24.3 Å². The molecule has 23 heavy (non-hydrogen) atoms. The molecule has 3 rings (SSSR count). The number of anilines is 1. The van der Waals surface area contributed by atoms with Gasteiger partial charge in [0.15, 0.2) is 5.82 Å². The molecule has 1 N–H and O–H groups in total. The molecule has 6 heteroatoms. The van der Waals surface area contributed by atoms with Gasteiger partial charge in [0.2, 0.25) is 0 Å². The highest BCUT2D eigenvalue weighted by Gasteiger charge is 2.15. The fourth-order valence-corrected chi connectivity index (χ4v) is 2.31. The third-order valence-corrected chi connectivity index (χ3v) is 3.36. The Kier molecular flexibility index (Phi) is 3.89. The molecule has 0 bridgehead atoms. The highest BCUT2D eigenvalue weighted by atomic mass is 19.1. The zero-order valence-electron chi connectivity index (χ0n) is 12.1. The van der Waals surface area contributed by atoms with Crippen LogP contribution in [0.4, 0.5) is 14.5 Å². The molecule has 0 spiro atoms. The second kappa shape index (κ2) is 6.00. The number of hydrogen-bond donors (Lipinski definition) is 1. The Morgan fingerprint density at radius 3 is 2.74 bits per heavy atom. The molecule has 0 aliphatic heterocycles. The smallest absolute Gasteiger partial charge is 0.259 e. The Balaban J connectivity index is 2.03. The number of fused-ring (bicyclic) bond motifs is 1. The van der Waals surface area contributed by atoms with Crippen LogP contribution in [0.1, 0.15) is 10.4 Å². The summed E-state index contributed by atoms with van der Waals surface area (Å²) in [5.41, 5.74) is 0.574. The number of carbonyl (C=O) groups excluding carboxylic acids is 1. The summed E-state index contributed by atoms with van der Waals surface area (Å²) in [6.45, 7) is 0. The molecule has 1 aromatic heterocycles. The van der Waals surface area contributed by atoms with Gasteiger partial charge in [0, 0.05) is 17.6 Å². The van der Waals surface area contributed by atoms with Crippen LogP contribution in [0.25, 0.3) is 10.9 Å². The maximum atomic E-state index is 13.8. The van der Waals surface area contributed by atoms with E-state index >= 15 is 0 Å².